The summed E-state index contributed by atoms with van der Waals surface area (Å²) in [6.45, 7) is 6.40. The van der Waals surface area contributed by atoms with Crippen molar-refractivity contribution in [3.05, 3.63) is 54.1 Å². The fourth-order valence-corrected chi connectivity index (χ4v) is 3.07. The first-order valence-corrected chi connectivity index (χ1v) is 9.55. The third-order valence-corrected chi connectivity index (χ3v) is 4.60. The summed E-state index contributed by atoms with van der Waals surface area (Å²) in [7, 11) is 0. The van der Waals surface area contributed by atoms with Crippen molar-refractivity contribution in [2.24, 2.45) is 0 Å². The molecule has 2 atom stereocenters. The summed E-state index contributed by atoms with van der Waals surface area (Å²) in [5.41, 5.74) is 2.20. The van der Waals surface area contributed by atoms with Crippen molar-refractivity contribution >= 4 is 5.69 Å². The van der Waals surface area contributed by atoms with Gasteiger partial charge < -0.3 is 19.5 Å². The average Bonchev–Trinajstić information content (AvgIpc) is 3.18. The maximum Gasteiger partial charge on any atom is 0.142 e. The molecule has 0 spiro atoms. The van der Waals surface area contributed by atoms with E-state index >= 15 is 0 Å². The summed E-state index contributed by atoms with van der Waals surface area (Å²) in [4.78, 5) is 0. The third kappa shape index (κ3) is 5.40. The first-order valence-electron chi connectivity index (χ1n) is 9.55. The van der Waals surface area contributed by atoms with Crippen LogP contribution in [0.5, 0.6) is 11.5 Å². The van der Waals surface area contributed by atoms with E-state index in [0.717, 1.165) is 49.6 Å². The van der Waals surface area contributed by atoms with Gasteiger partial charge in [0, 0.05) is 6.61 Å². The molecule has 1 saturated heterocycles. The second-order valence-corrected chi connectivity index (χ2v) is 6.79. The quantitative estimate of drug-likeness (QED) is 0.700. The van der Waals surface area contributed by atoms with Crippen molar-refractivity contribution in [1.82, 2.24) is 0 Å². The molecule has 140 valence electrons. The van der Waals surface area contributed by atoms with Gasteiger partial charge in [0.05, 0.1) is 18.3 Å². The van der Waals surface area contributed by atoms with Crippen molar-refractivity contribution in [1.29, 1.82) is 0 Å². The Morgan fingerprint density at radius 1 is 1.19 bits per heavy atom. The average molecular weight is 355 g/mol. The van der Waals surface area contributed by atoms with Gasteiger partial charge in [-0.05, 0) is 56.0 Å². The van der Waals surface area contributed by atoms with Gasteiger partial charge in [0.25, 0.3) is 0 Å². The zero-order valence-corrected chi connectivity index (χ0v) is 15.7. The lowest BCUT2D eigenvalue weighted by Crippen LogP contribution is -2.25. The monoisotopic (exact) mass is 355 g/mol. The van der Waals surface area contributed by atoms with Gasteiger partial charge in [0.2, 0.25) is 0 Å². The highest BCUT2D eigenvalue weighted by molar-refractivity contribution is 5.56. The normalized spacial score (nSPS) is 17.7. The molecule has 0 aliphatic carbocycles. The van der Waals surface area contributed by atoms with E-state index in [1.807, 2.05) is 36.4 Å². The van der Waals surface area contributed by atoms with Crippen LogP contribution in [0.1, 0.15) is 31.7 Å². The maximum absolute atomic E-state index is 6.12. The van der Waals surface area contributed by atoms with Gasteiger partial charge in [0.15, 0.2) is 0 Å². The Bertz CT molecular complexity index is 683. The molecule has 1 N–H and O–H groups in total. The number of benzene rings is 2. The minimum absolute atomic E-state index is 0.100. The zero-order chi connectivity index (χ0) is 18.2. The van der Waals surface area contributed by atoms with Crippen LogP contribution >= 0.6 is 0 Å². The lowest BCUT2D eigenvalue weighted by atomic mass is 10.2. The highest BCUT2D eigenvalue weighted by atomic mass is 16.5. The van der Waals surface area contributed by atoms with Gasteiger partial charge in [0.1, 0.15) is 24.2 Å². The molecule has 0 amide bonds. The Kier molecular flexibility index (Phi) is 6.78. The van der Waals surface area contributed by atoms with Crippen LogP contribution in [-0.2, 0) is 4.74 Å². The van der Waals surface area contributed by atoms with Gasteiger partial charge in [-0.25, -0.2) is 0 Å². The van der Waals surface area contributed by atoms with Gasteiger partial charge in [-0.2, -0.15) is 0 Å². The number of para-hydroxylation sites is 2. The second-order valence-electron chi connectivity index (χ2n) is 6.79. The highest BCUT2D eigenvalue weighted by Gasteiger charge is 2.17. The van der Waals surface area contributed by atoms with E-state index in [0.29, 0.717) is 6.61 Å². The van der Waals surface area contributed by atoms with E-state index in [1.165, 1.54) is 5.56 Å². The highest BCUT2D eigenvalue weighted by Crippen LogP contribution is 2.25. The van der Waals surface area contributed by atoms with Crippen molar-refractivity contribution in [3.63, 3.8) is 0 Å². The molecule has 4 nitrogen and oxygen atoms in total. The fraction of sp³-hybridized carbons (Fsp3) is 0.455. The fourth-order valence-electron chi connectivity index (χ4n) is 3.07. The van der Waals surface area contributed by atoms with Crippen molar-refractivity contribution in [2.75, 3.05) is 25.1 Å². The number of aryl methyl sites for hydroxylation is 1. The number of anilines is 1. The lowest BCUT2D eigenvalue weighted by molar-refractivity contribution is 0.0682. The van der Waals surface area contributed by atoms with Crippen LogP contribution in [-0.4, -0.2) is 32.0 Å². The Morgan fingerprint density at radius 3 is 2.85 bits per heavy atom. The lowest BCUT2D eigenvalue weighted by Gasteiger charge is -2.21. The van der Waals surface area contributed by atoms with Gasteiger partial charge in [-0.1, -0.05) is 31.2 Å². The molecule has 1 fully saturated rings. The number of ether oxygens (including phenoxy) is 3. The van der Waals surface area contributed by atoms with Crippen molar-refractivity contribution < 1.29 is 14.2 Å². The minimum Gasteiger partial charge on any atom is -0.489 e. The van der Waals surface area contributed by atoms with Gasteiger partial charge >= 0.3 is 0 Å². The van der Waals surface area contributed by atoms with E-state index < -0.39 is 0 Å². The van der Waals surface area contributed by atoms with E-state index in [2.05, 4.69) is 31.3 Å². The van der Waals surface area contributed by atoms with E-state index in [9.17, 15) is 0 Å². The van der Waals surface area contributed by atoms with Gasteiger partial charge in [-0.15, -0.1) is 0 Å². The second kappa shape index (κ2) is 9.48. The molecule has 2 aromatic rings. The molecule has 0 radical (unpaired) electrons. The Labute approximate surface area is 156 Å². The molecule has 3 rings (SSSR count). The first kappa shape index (κ1) is 18.6. The number of hydrogen-bond donors (Lipinski definition) is 1. The summed E-state index contributed by atoms with van der Waals surface area (Å²) in [5.74, 6) is 1.79. The van der Waals surface area contributed by atoms with Crippen LogP contribution in [0.4, 0.5) is 5.69 Å². The summed E-state index contributed by atoms with van der Waals surface area (Å²) in [6, 6.07) is 16.2. The van der Waals surface area contributed by atoms with E-state index in [-0.39, 0.29) is 12.2 Å². The third-order valence-electron chi connectivity index (χ3n) is 4.60. The summed E-state index contributed by atoms with van der Waals surface area (Å²) >= 11 is 0. The Morgan fingerprint density at radius 2 is 2.08 bits per heavy atom. The predicted octanol–water partition coefficient (Wildman–Crippen LogP) is 4.82. The summed E-state index contributed by atoms with van der Waals surface area (Å²) < 4.78 is 17.8. The van der Waals surface area contributed by atoms with Crippen molar-refractivity contribution in [3.8, 4) is 11.5 Å². The molecule has 2 aromatic carbocycles. The standard InChI is InChI=1S/C22H29NO3/c1-3-18(26-19-9-6-8-17(2)14-19)15-23-21-11-4-5-12-22(21)25-16-20-10-7-13-24-20/h4-6,8-9,11-12,14,18,20,23H,3,7,10,13,15-16H2,1-2H3. The molecule has 0 aromatic heterocycles. The summed E-state index contributed by atoms with van der Waals surface area (Å²) in [5, 5.41) is 3.48. The SMILES string of the molecule is CCC(CNc1ccccc1OCC1CCCO1)Oc1cccc(C)c1. The zero-order valence-electron chi connectivity index (χ0n) is 15.7. The molecule has 0 bridgehead atoms. The van der Waals surface area contributed by atoms with Crippen LogP contribution < -0.4 is 14.8 Å². The van der Waals surface area contributed by atoms with Crippen LogP contribution in [0.15, 0.2) is 48.5 Å². The van der Waals surface area contributed by atoms with E-state index in [1.54, 1.807) is 0 Å². The van der Waals surface area contributed by atoms with Crippen LogP contribution in [0.25, 0.3) is 0 Å². The number of nitrogens with one attached hydrogen (secondary N) is 1. The largest absolute Gasteiger partial charge is 0.489 e. The topological polar surface area (TPSA) is 39.7 Å². The first-order chi connectivity index (χ1) is 12.7. The molecular formula is C22H29NO3. The predicted molar refractivity (Wildman–Crippen MR) is 105 cm³/mol. The van der Waals surface area contributed by atoms with Crippen molar-refractivity contribution in [2.45, 2.75) is 45.3 Å². The molecule has 4 heteroatoms. The molecule has 26 heavy (non-hydrogen) atoms. The Balaban J connectivity index is 1.55. The minimum atomic E-state index is 0.100. The van der Waals surface area contributed by atoms with Crippen LogP contribution in [0.2, 0.25) is 0 Å². The molecular weight excluding hydrogens is 326 g/mol. The maximum atomic E-state index is 6.12. The van der Waals surface area contributed by atoms with Crippen LogP contribution in [0.3, 0.4) is 0 Å². The Hall–Kier alpha value is -2.20. The van der Waals surface area contributed by atoms with Gasteiger partial charge in [-0.3, -0.25) is 0 Å². The van der Waals surface area contributed by atoms with E-state index in [4.69, 9.17) is 14.2 Å². The molecule has 1 aliphatic rings. The number of rotatable bonds is 9. The smallest absolute Gasteiger partial charge is 0.142 e. The van der Waals surface area contributed by atoms with Crippen LogP contribution in [0, 0.1) is 6.92 Å². The molecule has 1 heterocycles. The molecule has 2 unspecified atom stereocenters. The summed E-state index contributed by atoms with van der Waals surface area (Å²) in [6.07, 6.45) is 3.46. The number of hydrogen-bond acceptors (Lipinski definition) is 4. The molecule has 1 aliphatic heterocycles. The molecule has 0 saturated carbocycles.